The number of hydrogen-bond acceptors (Lipinski definition) is 4. The maximum absolute atomic E-state index is 12.7. The molecule has 1 saturated carbocycles. The van der Waals surface area contributed by atoms with Gasteiger partial charge in [-0.1, -0.05) is 32.4 Å². The minimum absolute atomic E-state index is 0.0497. The topological polar surface area (TPSA) is 79.3 Å². The second-order valence-corrected chi connectivity index (χ2v) is 10.0. The molecule has 1 aromatic heterocycles. The van der Waals surface area contributed by atoms with Gasteiger partial charge < -0.3 is 10.4 Å². The van der Waals surface area contributed by atoms with Crippen LogP contribution in [-0.4, -0.2) is 27.8 Å². The van der Waals surface area contributed by atoms with Crippen molar-refractivity contribution in [2.45, 2.75) is 65.3 Å². The van der Waals surface area contributed by atoms with Crippen molar-refractivity contribution < 1.29 is 14.7 Å². The zero-order valence-corrected chi connectivity index (χ0v) is 19.2. The van der Waals surface area contributed by atoms with E-state index in [0.29, 0.717) is 27.6 Å². The van der Waals surface area contributed by atoms with Gasteiger partial charge in [-0.15, -0.1) is 0 Å². The predicted molar refractivity (Wildman–Crippen MR) is 122 cm³/mol. The Labute approximate surface area is 189 Å². The Hall–Kier alpha value is -2.40. The van der Waals surface area contributed by atoms with Crippen molar-refractivity contribution in [3.8, 4) is 5.75 Å². The number of aromatic nitrogens is 1. The Morgan fingerprint density at radius 1 is 1.10 bits per heavy atom. The van der Waals surface area contributed by atoms with E-state index in [1.54, 1.807) is 30.5 Å². The minimum Gasteiger partial charge on any atom is -0.508 e. The number of aromatic hydroxyl groups is 1. The number of hydrogen-bond donors (Lipinski definition) is 2. The van der Waals surface area contributed by atoms with Gasteiger partial charge >= 0.3 is 0 Å². The number of carbonyl (C=O) groups excluding carboxylic acids is 2. The second kappa shape index (κ2) is 9.82. The molecular formula is C25H31ClN2O3. The van der Waals surface area contributed by atoms with Crippen LogP contribution < -0.4 is 5.32 Å². The zero-order valence-electron chi connectivity index (χ0n) is 18.5. The van der Waals surface area contributed by atoms with E-state index in [0.717, 1.165) is 31.2 Å². The number of ketones is 1. The van der Waals surface area contributed by atoms with Gasteiger partial charge in [0.1, 0.15) is 17.2 Å². The number of benzene rings is 1. The van der Waals surface area contributed by atoms with Crippen LogP contribution >= 0.6 is 11.6 Å². The van der Waals surface area contributed by atoms with Crippen LogP contribution in [0.2, 0.25) is 5.02 Å². The Morgan fingerprint density at radius 2 is 1.81 bits per heavy atom. The molecule has 0 spiro atoms. The number of amides is 1. The van der Waals surface area contributed by atoms with Crippen LogP contribution in [0.1, 0.15) is 68.1 Å². The van der Waals surface area contributed by atoms with Gasteiger partial charge in [0.15, 0.2) is 0 Å². The summed E-state index contributed by atoms with van der Waals surface area (Å²) in [6, 6.07) is 8.23. The molecule has 0 atom stereocenters. The Kier molecular flexibility index (Phi) is 7.37. The Morgan fingerprint density at radius 3 is 2.48 bits per heavy atom. The van der Waals surface area contributed by atoms with Gasteiger partial charge in [-0.25, -0.2) is 0 Å². The number of halogens is 1. The van der Waals surface area contributed by atoms with Crippen LogP contribution in [0.3, 0.4) is 0 Å². The normalized spacial score (nSPS) is 19.1. The van der Waals surface area contributed by atoms with Crippen molar-refractivity contribution in [3.63, 3.8) is 0 Å². The standard InChI is InChI=1S/C25H31ClN2O3/c1-25(2,3)18-4-7-20(8-5-18)28-24(31)22-13-16(10-11-27-22)12-21(29)15-17-14-19(26)6-9-23(17)30/h6,9-11,13-14,18,20,30H,4-5,7-8,12,15H2,1-3H3,(H,28,31). The number of carbonyl (C=O) groups is 2. The van der Waals surface area contributed by atoms with E-state index >= 15 is 0 Å². The highest BCUT2D eigenvalue weighted by Crippen LogP contribution is 2.37. The van der Waals surface area contributed by atoms with E-state index in [9.17, 15) is 14.7 Å². The fraction of sp³-hybridized carbons (Fsp3) is 0.480. The average molecular weight is 443 g/mol. The van der Waals surface area contributed by atoms with Gasteiger partial charge in [-0.2, -0.15) is 0 Å². The predicted octanol–water partition coefficient (Wildman–Crippen LogP) is 5.13. The third-order valence-corrected chi connectivity index (χ3v) is 6.41. The molecule has 0 saturated heterocycles. The lowest BCUT2D eigenvalue weighted by molar-refractivity contribution is -0.117. The summed E-state index contributed by atoms with van der Waals surface area (Å²) in [5.74, 6) is 0.470. The van der Waals surface area contributed by atoms with Gasteiger partial charge in [0.2, 0.25) is 0 Å². The number of rotatable bonds is 6. The van der Waals surface area contributed by atoms with Crippen LogP contribution in [0.4, 0.5) is 0 Å². The highest BCUT2D eigenvalue weighted by Gasteiger charge is 2.30. The van der Waals surface area contributed by atoms with E-state index in [2.05, 4.69) is 31.1 Å². The van der Waals surface area contributed by atoms with E-state index in [4.69, 9.17) is 11.6 Å². The number of Topliss-reactive ketones (excluding diaryl/α,β-unsaturated/α-hetero) is 1. The van der Waals surface area contributed by atoms with Gasteiger partial charge in [0.25, 0.3) is 5.91 Å². The fourth-order valence-corrected chi connectivity index (χ4v) is 4.46. The molecule has 31 heavy (non-hydrogen) atoms. The highest BCUT2D eigenvalue weighted by atomic mass is 35.5. The van der Waals surface area contributed by atoms with Gasteiger partial charge in [-0.05, 0) is 72.9 Å². The molecule has 1 aliphatic carbocycles. The van der Waals surface area contributed by atoms with Crippen LogP contribution in [0.5, 0.6) is 5.75 Å². The Balaban J connectivity index is 1.56. The first kappa shape index (κ1) is 23.3. The summed E-state index contributed by atoms with van der Waals surface area (Å²) in [6.45, 7) is 6.84. The molecule has 5 nitrogen and oxygen atoms in total. The van der Waals surface area contributed by atoms with Crippen LogP contribution in [-0.2, 0) is 17.6 Å². The summed E-state index contributed by atoms with van der Waals surface area (Å²) in [7, 11) is 0. The molecule has 2 N–H and O–H groups in total. The zero-order chi connectivity index (χ0) is 22.6. The summed E-state index contributed by atoms with van der Waals surface area (Å²) < 4.78 is 0. The molecule has 1 heterocycles. The van der Waals surface area contributed by atoms with E-state index in [-0.39, 0.29) is 36.3 Å². The largest absolute Gasteiger partial charge is 0.508 e. The van der Waals surface area contributed by atoms with Crippen molar-refractivity contribution >= 4 is 23.3 Å². The third-order valence-electron chi connectivity index (χ3n) is 6.17. The first-order chi connectivity index (χ1) is 14.6. The van der Waals surface area contributed by atoms with Crippen molar-refractivity contribution in [2.75, 3.05) is 0 Å². The third kappa shape index (κ3) is 6.54. The maximum Gasteiger partial charge on any atom is 0.270 e. The molecule has 1 fully saturated rings. The number of phenols is 1. The molecule has 166 valence electrons. The summed E-state index contributed by atoms with van der Waals surface area (Å²) in [4.78, 5) is 29.4. The molecule has 3 rings (SSSR count). The lowest BCUT2D eigenvalue weighted by Crippen LogP contribution is -2.39. The summed E-state index contributed by atoms with van der Waals surface area (Å²) in [5, 5.41) is 13.5. The van der Waals surface area contributed by atoms with Crippen molar-refractivity contribution in [1.29, 1.82) is 0 Å². The SMILES string of the molecule is CC(C)(C)C1CCC(NC(=O)c2cc(CC(=O)Cc3cc(Cl)ccc3O)ccn2)CC1. The number of pyridine rings is 1. The van der Waals surface area contributed by atoms with E-state index in [1.165, 1.54) is 6.07 Å². The van der Waals surface area contributed by atoms with Crippen molar-refractivity contribution in [3.05, 3.63) is 58.4 Å². The molecule has 1 aromatic carbocycles. The van der Waals surface area contributed by atoms with Crippen molar-refractivity contribution in [1.82, 2.24) is 10.3 Å². The number of phenolic OH excluding ortho intramolecular Hbond substituents is 1. The number of nitrogens with one attached hydrogen (secondary N) is 1. The molecule has 0 radical (unpaired) electrons. The molecular weight excluding hydrogens is 412 g/mol. The molecule has 1 aliphatic rings. The van der Waals surface area contributed by atoms with E-state index in [1.807, 2.05) is 0 Å². The molecule has 0 unspecified atom stereocenters. The minimum atomic E-state index is -0.194. The number of nitrogens with zero attached hydrogens (tertiary/aromatic N) is 1. The maximum atomic E-state index is 12.7. The Bertz CT molecular complexity index is 944. The quantitative estimate of drug-likeness (QED) is 0.649. The fourth-order valence-electron chi connectivity index (χ4n) is 4.27. The average Bonchev–Trinajstić information content (AvgIpc) is 2.70. The van der Waals surface area contributed by atoms with Crippen LogP contribution in [0, 0.1) is 11.3 Å². The molecule has 0 aliphatic heterocycles. The molecule has 0 bridgehead atoms. The summed E-state index contributed by atoms with van der Waals surface area (Å²) in [6.07, 6.45) is 5.99. The first-order valence-corrected chi connectivity index (χ1v) is 11.2. The van der Waals surface area contributed by atoms with Crippen molar-refractivity contribution in [2.24, 2.45) is 11.3 Å². The summed E-state index contributed by atoms with van der Waals surface area (Å²) >= 11 is 5.95. The summed E-state index contributed by atoms with van der Waals surface area (Å²) in [5.41, 5.74) is 1.85. The van der Waals surface area contributed by atoms with Gasteiger partial charge in [-0.3, -0.25) is 14.6 Å². The van der Waals surface area contributed by atoms with Crippen LogP contribution in [0.25, 0.3) is 0 Å². The lowest BCUT2D eigenvalue weighted by Gasteiger charge is -2.37. The molecule has 6 heteroatoms. The van der Waals surface area contributed by atoms with Crippen LogP contribution in [0.15, 0.2) is 36.5 Å². The second-order valence-electron chi connectivity index (χ2n) is 9.60. The highest BCUT2D eigenvalue weighted by molar-refractivity contribution is 6.30. The molecule has 2 aromatic rings. The molecule has 1 amide bonds. The van der Waals surface area contributed by atoms with E-state index < -0.39 is 0 Å². The smallest absolute Gasteiger partial charge is 0.270 e. The van der Waals surface area contributed by atoms with Gasteiger partial charge in [0.05, 0.1) is 0 Å². The van der Waals surface area contributed by atoms with Gasteiger partial charge in [0, 0.05) is 35.7 Å². The lowest BCUT2D eigenvalue weighted by atomic mass is 9.71. The first-order valence-electron chi connectivity index (χ1n) is 10.9. The monoisotopic (exact) mass is 442 g/mol.